The van der Waals surface area contributed by atoms with Crippen LogP contribution in [-0.2, 0) is 25.1 Å². The fourth-order valence-corrected chi connectivity index (χ4v) is 6.42. The van der Waals surface area contributed by atoms with Crippen molar-refractivity contribution >= 4 is 48.3 Å². The molecule has 40 heavy (non-hydrogen) atoms. The van der Waals surface area contributed by atoms with Crippen LogP contribution in [0, 0.1) is 5.82 Å². The fraction of sp³-hybridized carbons (Fsp3) is 0.536. The summed E-state index contributed by atoms with van der Waals surface area (Å²) in [5, 5.41) is 0.876. The van der Waals surface area contributed by atoms with E-state index < -0.39 is 50.2 Å². The molecule has 2 aromatic heterocycles. The predicted octanol–water partition coefficient (Wildman–Crippen LogP) is 6.74. The number of aromatic nitrogens is 3. The Morgan fingerprint density at radius 1 is 1.15 bits per heavy atom. The smallest absolute Gasteiger partial charge is 0.194 e. The third-order valence-electron chi connectivity index (χ3n) is 8.10. The zero-order valence-electron chi connectivity index (χ0n) is 23.6. The average Bonchev–Trinajstić information content (AvgIpc) is 3.52. The maximum absolute atomic E-state index is 15.4. The summed E-state index contributed by atoms with van der Waals surface area (Å²) in [6, 6.07) is 4.71. The van der Waals surface area contributed by atoms with Crippen molar-refractivity contribution < 1.29 is 27.8 Å². The average molecular weight is 611 g/mol. The van der Waals surface area contributed by atoms with Crippen LogP contribution < -0.4 is 0 Å². The summed E-state index contributed by atoms with van der Waals surface area (Å²) < 4.78 is 42.2. The second-order valence-corrected chi connectivity index (χ2v) is 17.8. The van der Waals surface area contributed by atoms with Crippen LogP contribution in [0.5, 0.6) is 0 Å². The van der Waals surface area contributed by atoms with Gasteiger partial charge in [-0.15, -0.1) is 0 Å². The first kappa shape index (κ1) is 29.6. The number of benzene rings is 1. The second kappa shape index (κ2) is 10.4. The minimum absolute atomic E-state index is 0.00929. The van der Waals surface area contributed by atoms with Crippen molar-refractivity contribution in [2.75, 3.05) is 6.61 Å². The zero-order chi connectivity index (χ0) is 29.2. The highest BCUT2D eigenvalue weighted by Gasteiger charge is 2.58. The molecule has 2 aliphatic rings. The van der Waals surface area contributed by atoms with Gasteiger partial charge >= 0.3 is 0 Å². The lowest BCUT2D eigenvalue weighted by Crippen LogP contribution is -2.41. The van der Waals surface area contributed by atoms with E-state index >= 15 is 4.39 Å². The number of ketones is 1. The van der Waals surface area contributed by atoms with Gasteiger partial charge in [0.1, 0.15) is 35.2 Å². The third kappa shape index (κ3) is 5.24. The van der Waals surface area contributed by atoms with E-state index in [0.29, 0.717) is 16.2 Å². The first-order valence-corrected chi connectivity index (χ1v) is 16.9. The van der Waals surface area contributed by atoms with Crippen LogP contribution in [0.1, 0.15) is 56.8 Å². The molecular formula is C28H34Cl2FN3O5Si. The lowest BCUT2D eigenvalue weighted by atomic mass is 9.95. The standard InChI is InChI=1S/C28H34Cl2FN3O5Si/c1-27(2,3)40(6,7)36-13-11-15-16(8-9-18(29)19(15)31)20(35)21-22-23(39-28(4,5)38-22)26(37-21)34-12-10-17-24(30)32-14-33-25(17)34/h8-10,12,14,21-23,26H,11,13H2,1-7H3/t21-,22-,23-,26-/m1/s1. The molecule has 0 bridgehead atoms. The van der Waals surface area contributed by atoms with Crippen molar-refractivity contribution in [3.05, 3.63) is 57.8 Å². The van der Waals surface area contributed by atoms with Gasteiger partial charge in [0.15, 0.2) is 32.2 Å². The van der Waals surface area contributed by atoms with Crippen LogP contribution in [0.3, 0.4) is 0 Å². The molecule has 2 saturated heterocycles. The van der Waals surface area contributed by atoms with E-state index in [2.05, 4.69) is 43.8 Å². The van der Waals surface area contributed by atoms with Crippen molar-refractivity contribution in [3.63, 3.8) is 0 Å². The summed E-state index contributed by atoms with van der Waals surface area (Å²) in [7, 11) is -2.08. The number of hydrogen-bond acceptors (Lipinski definition) is 7. The highest BCUT2D eigenvalue weighted by Crippen LogP contribution is 2.45. The Hall–Kier alpha value is -1.92. The molecule has 5 rings (SSSR count). The number of fused-ring (bicyclic) bond motifs is 2. The molecule has 216 valence electrons. The van der Waals surface area contributed by atoms with Crippen LogP contribution >= 0.6 is 23.2 Å². The van der Waals surface area contributed by atoms with Gasteiger partial charge in [-0.1, -0.05) is 44.0 Å². The van der Waals surface area contributed by atoms with Gasteiger partial charge in [-0.3, -0.25) is 4.79 Å². The second-order valence-electron chi connectivity index (χ2n) is 12.2. The van der Waals surface area contributed by atoms with Gasteiger partial charge in [-0.25, -0.2) is 14.4 Å². The van der Waals surface area contributed by atoms with Gasteiger partial charge in [0.25, 0.3) is 0 Å². The number of halogens is 3. The molecule has 3 aromatic rings. The normalized spacial score (nSPS) is 24.6. The molecule has 8 nitrogen and oxygen atoms in total. The molecular weight excluding hydrogens is 576 g/mol. The van der Waals surface area contributed by atoms with E-state index in [1.165, 1.54) is 12.4 Å². The number of carbonyl (C=O) groups is 1. The largest absolute Gasteiger partial charge is 0.416 e. The quantitative estimate of drug-likeness (QED) is 0.166. The van der Waals surface area contributed by atoms with E-state index in [1.54, 1.807) is 36.7 Å². The Morgan fingerprint density at radius 2 is 1.85 bits per heavy atom. The molecule has 0 N–H and O–H groups in total. The van der Waals surface area contributed by atoms with Gasteiger partial charge in [0.05, 0.1) is 10.4 Å². The molecule has 4 heterocycles. The first-order chi connectivity index (χ1) is 18.6. The molecule has 0 radical (unpaired) electrons. The van der Waals surface area contributed by atoms with E-state index in [4.69, 9.17) is 41.8 Å². The van der Waals surface area contributed by atoms with E-state index in [-0.39, 0.29) is 34.2 Å². The summed E-state index contributed by atoms with van der Waals surface area (Å²) in [5.74, 6) is -2.01. The molecule has 0 aliphatic carbocycles. The summed E-state index contributed by atoms with van der Waals surface area (Å²) in [4.78, 5) is 22.5. The van der Waals surface area contributed by atoms with Crippen LogP contribution in [0.2, 0.25) is 28.3 Å². The minimum Gasteiger partial charge on any atom is -0.416 e. The Bertz CT molecular complexity index is 1460. The first-order valence-electron chi connectivity index (χ1n) is 13.2. The SMILES string of the molecule is CC1(C)O[C@@H]2[C@H](O1)[C@@H](C(=O)c1ccc(Cl)c(F)c1CCO[Si](C)(C)C(C)(C)C)O[C@H]2n1ccc2c(Cl)ncnc21. The van der Waals surface area contributed by atoms with Gasteiger partial charge in [0, 0.05) is 23.9 Å². The minimum atomic E-state index is -2.08. The Labute approximate surface area is 244 Å². The van der Waals surface area contributed by atoms with Crippen molar-refractivity contribution in [2.24, 2.45) is 0 Å². The van der Waals surface area contributed by atoms with Crippen LogP contribution in [0.25, 0.3) is 11.0 Å². The van der Waals surface area contributed by atoms with Crippen molar-refractivity contribution in [1.29, 1.82) is 0 Å². The molecule has 2 aliphatic heterocycles. The van der Waals surface area contributed by atoms with Gasteiger partial charge in [0.2, 0.25) is 0 Å². The van der Waals surface area contributed by atoms with E-state index in [0.717, 1.165) is 0 Å². The summed E-state index contributed by atoms with van der Waals surface area (Å²) >= 11 is 12.4. The molecule has 0 spiro atoms. The molecule has 4 atom stereocenters. The maximum Gasteiger partial charge on any atom is 0.194 e. The fourth-order valence-electron chi connectivity index (χ4n) is 5.00. The topological polar surface area (TPSA) is 84.7 Å². The maximum atomic E-state index is 15.4. The van der Waals surface area contributed by atoms with Crippen molar-refractivity contribution in [1.82, 2.24) is 14.5 Å². The third-order valence-corrected chi connectivity index (χ3v) is 13.2. The Balaban J connectivity index is 1.47. The lowest BCUT2D eigenvalue weighted by Gasteiger charge is -2.36. The highest BCUT2D eigenvalue weighted by molar-refractivity contribution is 6.74. The van der Waals surface area contributed by atoms with Crippen LogP contribution in [-0.4, -0.2) is 59.3 Å². The highest BCUT2D eigenvalue weighted by atomic mass is 35.5. The number of carbonyl (C=O) groups excluding carboxylic acids is 1. The molecule has 0 saturated carbocycles. The molecule has 12 heteroatoms. The summed E-state index contributed by atoms with van der Waals surface area (Å²) in [6.45, 7) is 14.5. The van der Waals surface area contributed by atoms with Crippen LogP contribution in [0.15, 0.2) is 30.7 Å². The lowest BCUT2D eigenvalue weighted by molar-refractivity contribution is -0.190. The summed E-state index contributed by atoms with van der Waals surface area (Å²) in [5.41, 5.74) is 0.913. The summed E-state index contributed by atoms with van der Waals surface area (Å²) in [6.07, 6.45) is 0.137. The zero-order valence-corrected chi connectivity index (χ0v) is 26.1. The number of ether oxygens (including phenoxy) is 3. The monoisotopic (exact) mass is 609 g/mol. The Morgan fingerprint density at radius 3 is 2.55 bits per heavy atom. The number of hydrogen-bond donors (Lipinski definition) is 0. The van der Waals surface area contributed by atoms with Crippen LogP contribution in [0.4, 0.5) is 4.39 Å². The van der Waals surface area contributed by atoms with Gasteiger partial charge < -0.3 is 23.2 Å². The van der Waals surface area contributed by atoms with Crippen molar-refractivity contribution in [2.45, 2.75) is 89.5 Å². The Kier molecular flexibility index (Phi) is 7.70. The molecule has 1 aromatic carbocycles. The van der Waals surface area contributed by atoms with E-state index in [1.807, 2.05) is 0 Å². The number of rotatable bonds is 7. The molecule has 0 amide bonds. The molecule has 2 fully saturated rings. The predicted molar refractivity (Wildman–Crippen MR) is 153 cm³/mol. The number of Topliss-reactive ketones (excluding diaryl/α,β-unsaturated/α-hetero) is 1. The van der Waals surface area contributed by atoms with Gasteiger partial charge in [-0.2, -0.15) is 0 Å². The number of nitrogens with zero attached hydrogens (tertiary/aromatic N) is 3. The molecule has 0 unspecified atom stereocenters. The van der Waals surface area contributed by atoms with Gasteiger partial charge in [-0.05, 0) is 56.6 Å². The van der Waals surface area contributed by atoms with Crippen molar-refractivity contribution in [3.8, 4) is 0 Å². The van der Waals surface area contributed by atoms with E-state index in [9.17, 15) is 4.79 Å².